The van der Waals surface area contributed by atoms with Crippen LogP contribution in [0, 0.1) is 0 Å². The molecule has 0 aromatic carbocycles. The van der Waals surface area contributed by atoms with Crippen LogP contribution >= 0.6 is 0 Å². The van der Waals surface area contributed by atoms with Crippen LogP contribution in [0.3, 0.4) is 0 Å². The first kappa shape index (κ1) is 32.0. The molecule has 41 heavy (non-hydrogen) atoms. The molecule has 2 aromatic heterocycles. The van der Waals surface area contributed by atoms with Crippen LogP contribution in [-0.2, 0) is 34.4 Å². The summed E-state index contributed by atoms with van der Waals surface area (Å²) in [5.41, 5.74) is 4.96. The second-order valence-corrected chi connectivity index (χ2v) is 24.9. The van der Waals surface area contributed by atoms with E-state index in [1.54, 1.807) is 4.57 Å². The molecule has 2 aromatic rings. The first-order valence-corrected chi connectivity index (χ1v) is 21.2. The molecule has 4 atom stereocenters. The minimum atomic E-state index is -4.16. The monoisotopic (exact) mass is 627 g/mol. The van der Waals surface area contributed by atoms with Crippen molar-refractivity contribution in [3.05, 3.63) is 34.1 Å². The highest BCUT2D eigenvalue weighted by molar-refractivity contribution is 7.90. The lowest BCUT2D eigenvalue weighted by atomic mass is 9.89. The van der Waals surface area contributed by atoms with Gasteiger partial charge in [0, 0.05) is 6.54 Å². The van der Waals surface area contributed by atoms with E-state index in [-0.39, 0.29) is 39.1 Å². The van der Waals surface area contributed by atoms with Gasteiger partial charge in [-0.3, -0.25) is 13.9 Å². The maximum Gasteiger partial charge on any atom is 0.292 e. The van der Waals surface area contributed by atoms with Crippen LogP contribution in [0.15, 0.2) is 28.6 Å². The zero-order chi connectivity index (χ0) is 31.0. The lowest BCUT2D eigenvalue weighted by Crippen LogP contribution is -2.59. The molecule has 1 fully saturated rings. The van der Waals surface area contributed by atoms with Gasteiger partial charge in [-0.1, -0.05) is 41.5 Å². The van der Waals surface area contributed by atoms with Crippen molar-refractivity contribution in [3.63, 3.8) is 0 Å². The topological polar surface area (TPSA) is 150 Å². The van der Waals surface area contributed by atoms with Crippen molar-refractivity contribution in [2.24, 2.45) is 5.73 Å². The summed E-state index contributed by atoms with van der Waals surface area (Å²) < 4.78 is 55.0. The van der Waals surface area contributed by atoms with E-state index in [1.165, 1.54) is 17.2 Å². The Bertz CT molecular complexity index is 1520. The van der Waals surface area contributed by atoms with Crippen LogP contribution in [-0.4, -0.2) is 68.6 Å². The Labute approximate surface area is 244 Å². The van der Waals surface area contributed by atoms with Gasteiger partial charge < -0.3 is 19.3 Å². The van der Waals surface area contributed by atoms with E-state index in [9.17, 15) is 13.2 Å². The molecule has 0 bridgehead atoms. The number of hydrogen-bond acceptors (Lipinski definition) is 10. The second-order valence-electron chi connectivity index (χ2n) is 14.0. The Kier molecular flexibility index (Phi) is 7.89. The van der Waals surface area contributed by atoms with Gasteiger partial charge in [0.1, 0.15) is 24.9 Å². The maximum absolute atomic E-state index is 13.5. The predicted molar refractivity (Wildman–Crippen MR) is 162 cm³/mol. The highest BCUT2D eigenvalue weighted by Gasteiger charge is 2.67. The lowest BCUT2D eigenvalue weighted by molar-refractivity contribution is -0.0534. The number of fused-ring (bicyclic) bond motifs is 1. The molecule has 0 unspecified atom stereocenters. The highest BCUT2D eigenvalue weighted by Crippen LogP contribution is 2.52. The van der Waals surface area contributed by atoms with Crippen LogP contribution in [0.1, 0.15) is 54.7 Å². The summed E-state index contributed by atoms with van der Waals surface area (Å²) in [6, 6.07) is 0. The van der Waals surface area contributed by atoms with E-state index in [0.717, 1.165) is 5.41 Å². The molecular weight excluding hydrogens is 583 g/mol. The van der Waals surface area contributed by atoms with E-state index in [2.05, 4.69) is 77.7 Å². The lowest BCUT2D eigenvalue weighted by Gasteiger charge is -2.43. The predicted octanol–water partition coefficient (Wildman–Crippen LogP) is 3.82. The third-order valence-electron chi connectivity index (χ3n) is 9.24. The number of aromatic nitrogens is 4. The number of aryl methyl sites for hydroxylation is 1. The molecule has 0 radical (unpaired) electrons. The van der Waals surface area contributed by atoms with Gasteiger partial charge in [0.05, 0.1) is 17.7 Å². The molecule has 230 valence electrons. The van der Waals surface area contributed by atoms with Crippen LogP contribution in [0.5, 0.6) is 0 Å². The summed E-state index contributed by atoms with van der Waals surface area (Å²) >= 11 is 0. The van der Waals surface area contributed by atoms with Crippen molar-refractivity contribution in [1.29, 1.82) is 0 Å². The average molecular weight is 628 g/mol. The third-order valence-corrected chi connectivity index (χ3v) is 19.2. The molecule has 1 saturated heterocycles. The van der Waals surface area contributed by atoms with E-state index < -0.39 is 50.8 Å². The van der Waals surface area contributed by atoms with Crippen molar-refractivity contribution in [1.82, 2.24) is 19.1 Å². The minimum absolute atomic E-state index is 0.0124. The number of nitrogens with zero attached hydrogens (tertiary/aromatic N) is 4. The fourth-order valence-electron chi connectivity index (χ4n) is 4.60. The van der Waals surface area contributed by atoms with E-state index in [1.807, 2.05) is 6.92 Å². The molecule has 2 aliphatic heterocycles. The zero-order valence-electron chi connectivity index (χ0n) is 26.0. The van der Waals surface area contributed by atoms with Gasteiger partial charge in [-0.15, -0.1) is 0 Å². The van der Waals surface area contributed by atoms with Gasteiger partial charge in [0.25, 0.3) is 15.7 Å². The fourth-order valence-corrected chi connectivity index (χ4v) is 8.10. The Morgan fingerprint density at radius 1 is 1.05 bits per heavy atom. The Hall–Kier alpha value is -1.89. The van der Waals surface area contributed by atoms with E-state index in [0.29, 0.717) is 6.54 Å². The Morgan fingerprint density at radius 2 is 1.63 bits per heavy atom. The molecule has 0 saturated carbocycles. The van der Waals surface area contributed by atoms with Crippen molar-refractivity contribution in [2.45, 2.75) is 115 Å². The molecule has 15 heteroatoms. The van der Waals surface area contributed by atoms with Crippen molar-refractivity contribution >= 4 is 37.9 Å². The van der Waals surface area contributed by atoms with Crippen LogP contribution in [0.25, 0.3) is 11.2 Å². The van der Waals surface area contributed by atoms with Gasteiger partial charge in [-0.25, -0.2) is 14.2 Å². The molecule has 0 aliphatic carbocycles. The second kappa shape index (κ2) is 10.1. The largest absolute Gasteiger partial charge is 0.414 e. The number of imidazole rings is 1. The maximum atomic E-state index is 13.5. The van der Waals surface area contributed by atoms with Crippen molar-refractivity contribution in [2.75, 3.05) is 6.61 Å². The first-order valence-electron chi connectivity index (χ1n) is 13.9. The number of nitrogens with two attached hydrogens (primary N) is 1. The van der Waals surface area contributed by atoms with E-state index in [4.69, 9.17) is 23.5 Å². The molecule has 4 rings (SSSR count). The summed E-state index contributed by atoms with van der Waals surface area (Å²) in [6.07, 6.45) is -0.0971. The summed E-state index contributed by atoms with van der Waals surface area (Å²) in [5.74, 6) is 0. The molecule has 0 amide bonds. The fraction of sp³-hybridized carbons (Fsp3) is 0.731. The first-order chi connectivity index (χ1) is 18.6. The molecule has 2 aliphatic rings. The van der Waals surface area contributed by atoms with Crippen LogP contribution < -0.4 is 11.3 Å². The average Bonchev–Trinajstić information content (AvgIpc) is 3.44. The molecule has 2 N–H and O–H groups in total. The zero-order valence-corrected chi connectivity index (χ0v) is 28.8. The summed E-state index contributed by atoms with van der Waals surface area (Å²) in [6.45, 7) is 23.2. The van der Waals surface area contributed by atoms with Crippen molar-refractivity contribution in [3.8, 4) is 0 Å². The molecular formula is C26H45N5O7SSi2. The molecule has 1 spiro atoms. The van der Waals surface area contributed by atoms with Gasteiger partial charge in [-0.05, 0) is 43.2 Å². The van der Waals surface area contributed by atoms with Gasteiger partial charge in [-0.2, -0.15) is 8.42 Å². The smallest absolute Gasteiger partial charge is 0.292 e. The number of hydrogen-bond donors (Lipinski definition) is 1. The molecule has 4 heterocycles. The summed E-state index contributed by atoms with van der Waals surface area (Å²) in [7, 11) is -9.08. The van der Waals surface area contributed by atoms with E-state index >= 15 is 0 Å². The summed E-state index contributed by atoms with van der Waals surface area (Å²) in [5, 5.41) is 0.562. The van der Waals surface area contributed by atoms with Crippen LogP contribution in [0.2, 0.25) is 36.3 Å². The minimum Gasteiger partial charge on any atom is -0.414 e. The Balaban J connectivity index is 1.94. The van der Waals surface area contributed by atoms with Crippen LogP contribution in [0.4, 0.5) is 0 Å². The Morgan fingerprint density at radius 3 is 2.15 bits per heavy atom. The quantitative estimate of drug-likeness (QED) is 0.354. The number of ether oxygens (including phenoxy) is 1. The normalized spacial score (nSPS) is 27.2. The third kappa shape index (κ3) is 5.38. The van der Waals surface area contributed by atoms with Crippen molar-refractivity contribution < 1.29 is 26.2 Å². The standard InChI is InChI=1S/C26H45N5O7SSi2/c1-12-30-15-28-21-19(22(30)32)31(16-29-21)23-20(37-41(10,11)25(5,6)7)26(17(27)14-39(33,34)38-26)18(36-23)13-35-40(8,9)24(2,3)4/h14-16,18,20,23H,12-13,27H2,1-11H3/t18-,20+,23-,26-/m1/s1. The molecule has 12 nitrogen and oxygen atoms in total. The highest BCUT2D eigenvalue weighted by atomic mass is 32.2. The SMILES string of the molecule is CCn1cnc2ncn([C@@H]3O[C@H](CO[Si](C)(C)C(C)(C)C)[C@@]4(OS(=O)(=O)C=C4N)[C@H]3O[Si](C)(C)C(C)(C)C)c2c1=O. The van der Waals surface area contributed by atoms with Gasteiger partial charge in [0.2, 0.25) is 0 Å². The van der Waals surface area contributed by atoms with Gasteiger partial charge in [0.15, 0.2) is 39.6 Å². The number of rotatable bonds is 7. The summed E-state index contributed by atoms with van der Waals surface area (Å²) in [4.78, 5) is 22.2. The van der Waals surface area contributed by atoms with Gasteiger partial charge >= 0.3 is 0 Å².